The van der Waals surface area contributed by atoms with E-state index in [1.165, 1.54) is 0 Å². The van der Waals surface area contributed by atoms with E-state index in [4.69, 9.17) is 9.36 Å². The highest BCUT2D eigenvalue weighted by Crippen LogP contribution is 2.50. The summed E-state index contributed by atoms with van der Waals surface area (Å²) in [5.74, 6) is -3.63. The second-order valence-electron chi connectivity index (χ2n) is 8.58. The van der Waals surface area contributed by atoms with Gasteiger partial charge in [-0.15, -0.1) is 0 Å². The predicted octanol–water partition coefficient (Wildman–Crippen LogP) is 5.53. The molecule has 0 spiro atoms. The molecule has 3 aliphatic rings. The lowest BCUT2D eigenvalue weighted by Crippen LogP contribution is -2.40. The van der Waals surface area contributed by atoms with Gasteiger partial charge in [0, 0.05) is 11.5 Å². The van der Waals surface area contributed by atoms with E-state index >= 15 is 0 Å². The van der Waals surface area contributed by atoms with Crippen molar-refractivity contribution in [2.75, 3.05) is 0 Å². The Labute approximate surface area is 177 Å². The van der Waals surface area contributed by atoms with Gasteiger partial charge in [0.15, 0.2) is 11.5 Å². The molecule has 1 fully saturated rings. The van der Waals surface area contributed by atoms with Crippen molar-refractivity contribution in [3.05, 3.63) is 58.5 Å². The summed E-state index contributed by atoms with van der Waals surface area (Å²) in [5.41, 5.74) is 1.53. The number of aryl methyl sites for hydroxylation is 1. The van der Waals surface area contributed by atoms with Gasteiger partial charge in [-0.1, -0.05) is 60.4 Å². The maximum atomic E-state index is 14.2. The van der Waals surface area contributed by atoms with E-state index in [0.29, 0.717) is 31.4 Å². The third-order valence-electron chi connectivity index (χ3n) is 6.75. The van der Waals surface area contributed by atoms with Crippen molar-refractivity contribution < 1.29 is 27.6 Å². The van der Waals surface area contributed by atoms with Crippen molar-refractivity contribution >= 4 is 11.8 Å². The first-order valence-electron chi connectivity index (χ1n) is 10.6. The molecule has 0 saturated heterocycles. The number of halogens is 3. The molecule has 0 amide bonds. The lowest BCUT2D eigenvalue weighted by atomic mass is 9.76. The van der Waals surface area contributed by atoms with Crippen molar-refractivity contribution in [3.63, 3.8) is 0 Å². The van der Waals surface area contributed by atoms with Crippen LogP contribution in [0.4, 0.5) is 13.2 Å². The number of aromatic nitrogens is 1. The van der Waals surface area contributed by atoms with Crippen LogP contribution >= 0.6 is 0 Å². The van der Waals surface area contributed by atoms with Gasteiger partial charge in [-0.3, -0.25) is 0 Å². The van der Waals surface area contributed by atoms with Crippen LogP contribution in [0.3, 0.4) is 0 Å². The smallest absolute Gasteiger partial charge is 0.360 e. The molecule has 1 aliphatic heterocycles. The van der Waals surface area contributed by atoms with Gasteiger partial charge in [0.1, 0.15) is 5.56 Å². The molecular weight excluding hydrogens is 409 g/mol. The van der Waals surface area contributed by atoms with Gasteiger partial charge >= 0.3 is 6.18 Å². The number of alkyl halides is 3. The molecule has 2 heterocycles. The Hall–Kier alpha value is -2.61. The third kappa shape index (κ3) is 3.19. The Balaban J connectivity index is 1.55. The van der Waals surface area contributed by atoms with Crippen LogP contribution < -0.4 is 0 Å². The monoisotopic (exact) mass is 432 g/mol. The van der Waals surface area contributed by atoms with Gasteiger partial charge < -0.3 is 14.5 Å². The Morgan fingerprint density at radius 3 is 2.65 bits per heavy atom. The highest BCUT2D eigenvalue weighted by Gasteiger charge is 2.58. The third-order valence-corrected chi connectivity index (χ3v) is 6.75. The summed E-state index contributed by atoms with van der Waals surface area (Å²) in [6.45, 7) is 3.76. The summed E-state index contributed by atoms with van der Waals surface area (Å²) in [6.07, 6.45) is 1.87. The fourth-order valence-corrected chi connectivity index (χ4v) is 5.17. The van der Waals surface area contributed by atoms with Crippen molar-refractivity contribution in [1.82, 2.24) is 5.16 Å². The highest BCUT2D eigenvalue weighted by atomic mass is 19.4. The second-order valence-corrected chi connectivity index (χ2v) is 8.58. The molecule has 0 bridgehead atoms. The van der Waals surface area contributed by atoms with Crippen LogP contribution in [0.25, 0.3) is 6.08 Å². The predicted molar refractivity (Wildman–Crippen MR) is 107 cm³/mol. The minimum absolute atomic E-state index is 0.195. The molecule has 1 aromatic carbocycles. The summed E-state index contributed by atoms with van der Waals surface area (Å²) in [7, 11) is 0. The van der Waals surface area contributed by atoms with E-state index < -0.39 is 29.1 Å². The van der Waals surface area contributed by atoms with Crippen molar-refractivity contribution in [1.29, 1.82) is 0 Å². The van der Waals surface area contributed by atoms with Gasteiger partial charge in [-0.2, -0.15) is 13.2 Å². The number of hydrogen-bond acceptors (Lipinski definition) is 5. The first-order valence-corrected chi connectivity index (χ1v) is 10.6. The molecule has 1 N–H and O–H groups in total. The van der Waals surface area contributed by atoms with Crippen LogP contribution in [0.1, 0.15) is 78.2 Å². The highest BCUT2D eigenvalue weighted by molar-refractivity contribution is 6.05. The van der Waals surface area contributed by atoms with E-state index in [9.17, 15) is 18.3 Å². The van der Waals surface area contributed by atoms with Gasteiger partial charge in [0.25, 0.3) is 5.79 Å². The van der Waals surface area contributed by atoms with Gasteiger partial charge in [-0.25, -0.2) is 0 Å². The molecule has 2 aliphatic carbocycles. The van der Waals surface area contributed by atoms with E-state index in [-0.39, 0.29) is 11.7 Å². The maximum absolute atomic E-state index is 14.2. The largest absolute Gasteiger partial charge is 0.421 e. The van der Waals surface area contributed by atoms with Crippen LogP contribution in [-0.2, 0) is 23.2 Å². The quantitative estimate of drug-likeness (QED) is 0.693. The van der Waals surface area contributed by atoms with Crippen molar-refractivity contribution in [3.8, 4) is 0 Å². The number of nitrogens with zero attached hydrogens (tertiary/aromatic N) is 2. The Morgan fingerprint density at radius 1 is 1.16 bits per heavy atom. The summed E-state index contributed by atoms with van der Waals surface area (Å²) in [4.78, 5) is 5.32. The zero-order chi connectivity index (χ0) is 21.8. The summed E-state index contributed by atoms with van der Waals surface area (Å²) < 4.78 is 47.7. The Bertz CT molecular complexity index is 1050. The standard InChI is InChI=1S/C23H23F3N2O3/c1-2-13-8-10-16-15(12-13)9-11-17-19(16)27-31-22(17,29)21-18(23(24,25)26)20(30-28-21)14-6-4-3-5-7-14/h2,8,10,12,14,17,29H,1,3-7,9,11H2. The van der Waals surface area contributed by atoms with E-state index in [1.54, 1.807) is 6.08 Å². The molecule has 8 heteroatoms. The SMILES string of the molecule is C=Cc1ccc2c(c1)CCC1C2=NOC1(O)c1noc(C2CCCCC2)c1C(F)(F)F. The summed E-state index contributed by atoms with van der Waals surface area (Å²) in [6, 6.07) is 5.66. The number of hydrogen-bond donors (Lipinski definition) is 1. The van der Waals surface area contributed by atoms with Gasteiger partial charge in [-0.05, 0) is 36.8 Å². The fourth-order valence-electron chi connectivity index (χ4n) is 5.17. The Morgan fingerprint density at radius 2 is 1.94 bits per heavy atom. The molecule has 164 valence electrons. The van der Waals surface area contributed by atoms with Crippen molar-refractivity contribution in [2.45, 2.75) is 62.8 Å². The molecule has 1 saturated carbocycles. The van der Waals surface area contributed by atoms with Crippen LogP contribution in [0.5, 0.6) is 0 Å². The lowest BCUT2D eigenvalue weighted by Gasteiger charge is -2.30. The normalized spacial score (nSPS) is 26.1. The molecule has 2 atom stereocenters. The Kier molecular flexibility index (Phi) is 4.73. The summed E-state index contributed by atoms with van der Waals surface area (Å²) in [5, 5.41) is 19.1. The lowest BCUT2D eigenvalue weighted by molar-refractivity contribution is -0.227. The van der Waals surface area contributed by atoms with Crippen LogP contribution in [0.2, 0.25) is 0 Å². The number of oxime groups is 1. The topological polar surface area (TPSA) is 67.8 Å². The number of aliphatic hydroxyl groups is 1. The number of fused-ring (bicyclic) bond motifs is 3. The van der Waals surface area contributed by atoms with E-state index in [0.717, 1.165) is 36.0 Å². The molecule has 0 radical (unpaired) electrons. The van der Waals surface area contributed by atoms with Crippen LogP contribution in [-0.4, -0.2) is 16.0 Å². The minimum atomic E-state index is -4.73. The molecular formula is C23H23F3N2O3. The zero-order valence-corrected chi connectivity index (χ0v) is 16.9. The number of benzene rings is 1. The first-order chi connectivity index (χ1) is 14.8. The van der Waals surface area contributed by atoms with Gasteiger partial charge in [0.2, 0.25) is 0 Å². The molecule has 5 rings (SSSR count). The fraction of sp³-hybridized carbons (Fsp3) is 0.478. The second kappa shape index (κ2) is 7.22. The number of rotatable bonds is 3. The maximum Gasteiger partial charge on any atom is 0.421 e. The molecule has 5 nitrogen and oxygen atoms in total. The van der Waals surface area contributed by atoms with Crippen LogP contribution in [0.15, 0.2) is 34.5 Å². The minimum Gasteiger partial charge on any atom is -0.360 e. The molecule has 31 heavy (non-hydrogen) atoms. The zero-order valence-electron chi connectivity index (χ0n) is 16.9. The van der Waals surface area contributed by atoms with Gasteiger partial charge in [0.05, 0.1) is 11.6 Å². The molecule has 2 unspecified atom stereocenters. The summed E-state index contributed by atoms with van der Waals surface area (Å²) >= 11 is 0. The first kappa shape index (κ1) is 20.3. The van der Waals surface area contributed by atoms with E-state index in [2.05, 4.69) is 16.9 Å². The molecule has 2 aromatic rings. The van der Waals surface area contributed by atoms with E-state index in [1.807, 2.05) is 18.2 Å². The molecule has 1 aromatic heterocycles. The van der Waals surface area contributed by atoms with Crippen LogP contribution in [0, 0.1) is 5.92 Å². The van der Waals surface area contributed by atoms with Crippen molar-refractivity contribution in [2.24, 2.45) is 11.1 Å². The average Bonchev–Trinajstić information content (AvgIpc) is 3.37. The average molecular weight is 432 g/mol.